The second-order valence-corrected chi connectivity index (χ2v) is 7.77. The van der Waals surface area contributed by atoms with Gasteiger partial charge in [0.25, 0.3) is 0 Å². The molecule has 0 N–H and O–H groups in total. The molecule has 0 unspecified atom stereocenters. The molecule has 136 valence electrons. The molecule has 1 aliphatic rings. The van der Waals surface area contributed by atoms with E-state index in [-0.39, 0.29) is 0 Å². The highest BCUT2D eigenvalue weighted by molar-refractivity contribution is 9.10. The minimum absolute atomic E-state index is 1.06. The summed E-state index contributed by atoms with van der Waals surface area (Å²) in [6.45, 7) is 9.16. The number of benzene rings is 1. The SMILES string of the molecule is CCCC1=C(CCC)C(CCC)=C(CCC)C1=Nc1ccc(Br)cc1. The van der Waals surface area contributed by atoms with Crippen LogP contribution in [0.5, 0.6) is 0 Å². The summed E-state index contributed by atoms with van der Waals surface area (Å²) in [7, 11) is 0. The highest BCUT2D eigenvalue weighted by atomic mass is 79.9. The van der Waals surface area contributed by atoms with Gasteiger partial charge in [-0.05, 0) is 72.2 Å². The summed E-state index contributed by atoms with van der Waals surface area (Å²) in [6, 6.07) is 8.39. The maximum atomic E-state index is 5.14. The van der Waals surface area contributed by atoms with E-state index >= 15 is 0 Å². The Morgan fingerprint density at radius 1 is 0.640 bits per heavy atom. The van der Waals surface area contributed by atoms with E-state index in [1.807, 2.05) is 0 Å². The highest BCUT2D eigenvalue weighted by Gasteiger charge is 2.28. The summed E-state index contributed by atoms with van der Waals surface area (Å²) in [6.07, 6.45) is 9.45. The first-order valence-electron chi connectivity index (χ1n) is 9.95. The Balaban J connectivity index is 2.58. The van der Waals surface area contributed by atoms with Gasteiger partial charge in [0.05, 0.1) is 11.4 Å². The van der Waals surface area contributed by atoms with E-state index in [2.05, 4.69) is 67.9 Å². The van der Waals surface area contributed by atoms with Gasteiger partial charge in [0.1, 0.15) is 0 Å². The monoisotopic (exact) mass is 401 g/mol. The minimum Gasteiger partial charge on any atom is -0.248 e. The Labute approximate surface area is 162 Å². The molecule has 1 nitrogen and oxygen atoms in total. The Hall–Kier alpha value is -1.15. The second-order valence-electron chi connectivity index (χ2n) is 6.85. The van der Waals surface area contributed by atoms with Gasteiger partial charge in [-0.2, -0.15) is 0 Å². The van der Waals surface area contributed by atoms with Crippen LogP contribution in [0, 0.1) is 0 Å². The molecule has 0 saturated heterocycles. The van der Waals surface area contributed by atoms with Crippen molar-refractivity contribution in [2.45, 2.75) is 79.1 Å². The predicted molar refractivity (Wildman–Crippen MR) is 115 cm³/mol. The van der Waals surface area contributed by atoms with Gasteiger partial charge in [0.15, 0.2) is 0 Å². The average Bonchev–Trinajstić information content (AvgIpc) is 2.85. The fourth-order valence-electron chi connectivity index (χ4n) is 3.75. The number of aliphatic imine (C=N–C) groups is 1. The lowest BCUT2D eigenvalue weighted by Gasteiger charge is -2.10. The summed E-state index contributed by atoms with van der Waals surface area (Å²) in [4.78, 5) is 5.14. The van der Waals surface area contributed by atoms with Gasteiger partial charge in [-0.3, -0.25) is 0 Å². The normalized spacial score (nSPS) is 14.7. The van der Waals surface area contributed by atoms with Crippen LogP contribution in [-0.2, 0) is 0 Å². The molecule has 0 spiro atoms. The molecule has 0 bridgehead atoms. The zero-order valence-corrected chi connectivity index (χ0v) is 17.9. The van der Waals surface area contributed by atoms with E-state index in [0.29, 0.717) is 0 Å². The molecule has 2 heteroatoms. The van der Waals surface area contributed by atoms with Crippen molar-refractivity contribution in [3.8, 4) is 0 Å². The number of hydrogen-bond donors (Lipinski definition) is 0. The van der Waals surface area contributed by atoms with Crippen molar-refractivity contribution in [2.75, 3.05) is 0 Å². The Kier molecular flexibility index (Phi) is 8.15. The molecule has 0 saturated carbocycles. The van der Waals surface area contributed by atoms with E-state index < -0.39 is 0 Å². The van der Waals surface area contributed by atoms with Gasteiger partial charge in [-0.1, -0.05) is 69.3 Å². The van der Waals surface area contributed by atoms with E-state index in [1.165, 1.54) is 55.4 Å². The first-order valence-corrected chi connectivity index (χ1v) is 10.7. The number of hydrogen-bond acceptors (Lipinski definition) is 1. The first-order chi connectivity index (χ1) is 12.2. The number of halogens is 1. The molecule has 1 aromatic rings. The fraction of sp³-hybridized carbons (Fsp3) is 0.522. The van der Waals surface area contributed by atoms with Gasteiger partial charge >= 0.3 is 0 Å². The lowest BCUT2D eigenvalue weighted by Crippen LogP contribution is -2.04. The van der Waals surface area contributed by atoms with Crippen LogP contribution < -0.4 is 0 Å². The van der Waals surface area contributed by atoms with Gasteiger partial charge < -0.3 is 0 Å². The molecule has 0 amide bonds. The summed E-state index contributed by atoms with van der Waals surface area (Å²) >= 11 is 3.52. The van der Waals surface area contributed by atoms with Crippen molar-refractivity contribution in [3.05, 3.63) is 51.0 Å². The van der Waals surface area contributed by atoms with E-state index in [0.717, 1.165) is 23.0 Å². The van der Waals surface area contributed by atoms with Crippen LogP contribution in [-0.4, -0.2) is 5.71 Å². The Morgan fingerprint density at radius 2 is 1.04 bits per heavy atom. The molecular formula is C23H32BrN. The van der Waals surface area contributed by atoms with Crippen LogP contribution in [0.4, 0.5) is 5.69 Å². The molecule has 1 aliphatic carbocycles. The number of allylic oxidation sites excluding steroid dienone is 4. The average molecular weight is 402 g/mol. The van der Waals surface area contributed by atoms with Gasteiger partial charge in [-0.25, -0.2) is 4.99 Å². The van der Waals surface area contributed by atoms with Crippen LogP contribution in [0.15, 0.2) is 56.0 Å². The van der Waals surface area contributed by atoms with Crippen molar-refractivity contribution < 1.29 is 0 Å². The second kappa shape index (κ2) is 10.1. The quantitative estimate of drug-likeness (QED) is 0.394. The lowest BCUT2D eigenvalue weighted by atomic mass is 9.95. The van der Waals surface area contributed by atoms with Crippen LogP contribution in [0.3, 0.4) is 0 Å². The standard InChI is InChI=1S/C23H32BrN/c1-5-9-19-20(10-6-2)22(12-8-4)23(21(19)11-7-3)25-18-15-13-17(24)14-16-18/h13-16H,5-12H2,1-4H3. The third-order valence-electron chi connectivity index (χ3n) is 4.73. The third-order valence-corrected chi connectivity index (χ3v) is 5.26. The van der Waals surface area contributed by atoms with Gasteiger partial charge in [0, 0.05) is 4.47 Å². The molecule has 0 heterocycles. The van der Waals surface area contributed by atoms with Crippen molar-refractivity contribution in [1.82, 2.24) is 0 Å². The van der Waals surface area contributed by atoms with Crippen LogP contribution in [0.2, 0.25) is 0 Å². The van der Waals surface area contributed by atoms with Crippen molar-refractivity contribution in [3.63, 3.8) is 0 Å². The zero-order valence-electron chi connectivity index (χ0n) is 16.3. The molecule has 0 radical (unpaired) electrons. The van der Waals surface area contributed by atoms with Crippen LogP contribution >= 0.6 is 15.9 Å². The molecular weight excluding hydrogens is 370 g/mol. The topological polar surface area (TPSA) is 12.4 Å². The summed E-state index contributed by atoms with van der Waals surface area (Å²) in [5, 5.41) is 0. The largest absolute Gasteiger partial charge is 0.248 e. The lowest BCUT2D eigenvalue weighted by molar-refractivity contribution is 0.825. The van der Waals surface area contributed by atoms with Crippen molar-refractivity contribution in [2.24, 2.45) is 4.99 Å². The van der Waals surface area contributed by atoms with E-state index in [1.54, 1.807) is 11.1 Å². The molecule has 0 aromatic heterocycles. The van der Waals surface area contributed by atoms with Gasteiger partial charge in [0.2, 0.25) is 0 Å². The zero-order chi connectivity index (χ0) is 18.2. The fourth-order valence-corrected chi connectivity index (χ4v) is 4.02. The smallest absolute Gasteiger partial charge is 0.0706 e. The number of rotatable bonds is 9. The molecule has 0 fully saturated rings. The van der Waals surface area contributed by atoms with E-state index in [9.17, 15) is 0 Å². The summed E-state index contributed by atoms with van der Waals surface area (Å²) in [5.74, 6) is 0. The summed E-state index contributed by atoms with van der Waals surface area (Å²) in [5.41, 5.74) is 8.64. The molecule has 0 aliphatic heterocycles. The molecule has 2 rings (SSSR count). The highest BCUT2D eigenvalue weighted by Crippen LogP contribution is 2.40. The maximum absolute atomic E-state index is 5.14. The van der Waals surface area contributed by atoms with E-state index in [4.69, 9.17) is 4.99 Å². The Bertz CT molecular complexity index is 628. The first kappa shape index (κ1) is 20.2. The molecule has 25 heavy (non-hydrogen) atoms. The van der Waals surface area contributed by atoms with Crippen molar-refractivity contribution >= 4 is 27.3 Å². The number of nitrogens with zero attached hydrogens (tertiary/aromatic N) is 1. The van der Waals surface area contributed by atoms with Crippen LogP contribution in [0.25, 0.3) is 0 Å². The third kappa shape index (κ3) is 4.94. The van der Waals surface area contributed by atoms with Crippen molar-refractivity contribution in [1.29, 1.82) is 0 Å². The van der Waals surface area contributed by atoms with Crippen LogP contribution in [0.1, 0.15) is 79.1 Å². The summed E-state index contributed by atoms with van der Waals surface area (Å²) < 4.78 is 1.11. The molecule has 1 aromatic carbocycles. The molecule has 0 atom stereocenters. The maximum Gasteiger partial charge on any atom is 0.0706 e. The predicted octanol–water partition coefficient (Wildman–Crippen LogP) is 8.33. The van der Waals surface area contributed by atoms with Gasteiger partial charge in [-0.15, -0.1) is 0 Å². The minimum atomic E-state index is 1.06. The Morgan fingerprint density at radius 3 is 1.44 bits per heavy atom.